The normalized spacial score (nSPS) is 17.4. The molecule has 1 N–H and O–H groups in total. The lowest BCUT2D eigenvalue weighted by Gasteiger charge is -2.21. The average Bonchev–Trinajstić information content (AvgIpc) is 3.08. The number of likely N-dealkylation sites (tertiary alicyclic amines) is 1. The van der Waals surface area contributed by atoms with Crippen molar-refractivity contribution in [1.82, 2.24) is 4.90 Å². The summed E-state index contributed by atoms with van der Waals surface area (Å²) in [6, 6.07) is 11.8. The first-order valence-electron chi connectivity index (χ1n) is 8.36. The molecule has 3 rings (SSSR count). The number of carboxylic acid groups (broad SMARTS) is 1. The van der Waals surface area contributed by atoms with Crippen LogP contribution in [0.4, 0.5) is 4.39 Å². The number of benzene rings is 2. The van der Waals surface area contributed by atoms with Crippen LogP contribution in [-0.2, 0) is 4.79 Å². The van der Waals surface area contributed by atoms with E-state index in [1.807, 2.05) is 29.2 Å². The average molecular weight is 396 g/mol. The minimum Gasteiger partial charge on any atom is -0.491 e. The summed E-state index contributed by atoms with van der Waals surface area (Å²) in [6.45, 7) is 1.76. The molecule has 0 bridgehead atoms. The Balaban J connectivity index is 1.62. The second kappa shape index (κ2) is 8.75. The van der Waals surface area contributed by atoms with Crippen LogP contribution < -0.4 is 4.74 Å². The molecule has 138 valence electrons. The van der Waals surface area contributed by atoms with Crippen LogP contribution in [0, 0.1) is 5.82 Å². The van der Waals surface area contributed by atoms with Crippen LogP contribution in [0.5, 0.6) is 5.75 Å². The lowest BCUT2D eigenvalue weighted by molar-refractivity contribution is -0.142. The molecule has 2 aromatic carbocycles. The van der Waals surface area contributed by atoms with Gasteiger partial charge in [0.15, 0.2) is 0 Å². The molecule has 1 saturated heterocycles. The second-order valence-electron chi connectivity index (χ2n) is 6.01. The van der Waals surface area contributed by atoms with Crippen molar-refractivity contribution in [3.05, 3.63) is 53.3 Å². The smallest absolute Gasteiger partial charge is 0.320 e. The Bertz CT molecular complexity index is 789. The van der Waals surface area contributed by atoms with Crippen molar-refractivity contribution >= 4 is 29.3 Å². The third-order valence-corrected chi connectivity index (χ3v) is 5.59. The van der Waals surface area contributed by atoms with Crippen LogP contribution >= 0.6 is 23.4 Å². The third-order valence-electron chi connectivity index (χ3n) is 4.25. The molecule has 1 aliphatic rings. The zero-order valence-corrected chi connectivity index (χ0v) is 15.6. The standard InChI is InChI=1S/C19H19ClFNO3S/c20-14-12-13(7-8-15(14)21)26-18-6-2-1-5-17(18)25-11-10-22-9-3-4-16(22)19(23)24/h1-2,5-8,12,16H,3-4,9-11H2,(H,23,24)/t16-/m0/s1. The Morgan fingerprint density at radius 1 is 1.35 bits per heavy atom. The predicted molar refractivity (Wildman–Crippen MR) is 99.7 cm³/mol. The number of carboxylic acids is 1. The van der Waals surface area contributed by atoms with E-state index in [-0.39, 0.29) is 5.02 Å². The van der Waals surface area contributed by atoms with E-state index in [9.17, 15) is 14.3 Å². The van der Waals surface area contributed by atoms with Crippen molar-refractivity contribution in [3.63, 3.8) is 0 Å². The number of ether oxygens (including phenoxy) is 1. The minimum absolute atomic E-state index is 0.0853. The number of hydrogen-bond donors (Lipinski definition) is 1. The van der Waals surface area contributed by atoms with Crippen LogP contribution in [0.3, 0.4) is 0 Å². The van der Waals surface area contributed by atoms with Gasteiger partial charge in [-0.2, -0.15) is 0 Å². The lowest BCUT2D eigenvalue weighted by atomic mass is 10.2. The number of aliphatic carboxylic acids is 1. The van der Waals surface area contributed by atoms with Gasteiger partial charge in [0.2, 0.25) is 0 Å². The zero-order chi connectivity index (χ0) is 18.5. The Morgan fingerprint density at radius 3 is 2.92 bits per heavy atom. The van der Waals surface area contributed by atoms with Crippen molar-refractivity contribution in [2.45, 2.75) is 28.7 Å². The molecule has 0 spiro atoms. The van der Waals surface area contributed by atoms with E-state index in [1.165, 1.54) is 17.8 Å². The van der Waals surface area contributed by atoms with E-state index in [4.69, 9.17) is 16.3 Å². The summed E-state index contributed by atoms with van der Waals surface area (Å²) < 4.78 is 19.2. The molecule has 1 aliphatic heterocycles. The first-order chi connectivity index (χ1) is 12.5. The van der Waals surface area contributed by atoms with Gasteiger partial charge in [0.1, 0.15) is 24.2 Å². The molecular formula is C19H19ClFNO3S. The van der Waals surface area contributed by atoms with E-state index in [0.717, 1.165) is 22.8 Å². The topological polar surface area (TPSA) is 49.8 Å². The van der Waals surface area contributed by atoms with Gasteiger partial charge in [0, 0.05) is 11.4 Å². The maximum Gasteiger partial charge on any atom is 0.320 e. The molecule has 0 unspecified atom stereocenters. The summed E-state index contributed by atoms with van der Waals surface area (Å²) in [7, 11) is 0. The van der Waals surface area contributed by atoms with Gasteiger partial charge in [-0.05, 0) is 49.7 Å². The highest BCUT2D eigenvalue weighted by Crippen LogP contribution is 2.36. The Hall–Kier alpha value is -1.76. The summed E-state index contributed by atoms with van der Waals surface area (Å²) in [5, 5.41) is 9.31. The quantitative estimate of drug-likeness (QED) is 0.744. The van der Waals surface area contributed by atoms with Crippen LogP contribution in [0.15, 0.2) is 52.3 Å². The van der Waals surface area contributed by atoms with Gasteiger partial charge in [-0.25, -0.2) is 4.39 Å². The summed E-state index contributed by atoms with van der Waals surface area (Å²) in [5.74, 6) is -0.505. The number of hydrogen-bond acceptors (Lipinski definition) is 4. The largest absolute Gasteiger partial charge is 0.491 e. The number of carbonyl (C=O) groups is 1. The molecule has 2 aromatic rings. The van der Waals surface area contributed by atoms with Crippen molar-refractivity contribution in [2.24, 2.45) is 0 Å². The molecule has 0 aromatic heterocycles. The maximum absolute atomic E-state index is 13.3. The molecule has 0 saturated carbocycles. The van der Waals surface area contributed by atoms with E-state index < -0.39 is 17.8 Å². The molecule has 7 heteroatoms. The summed E-state index contributed by atoms with van der Waals surface area (Å²) >= 11 is 7.28. The number of rotatable bonds is 7. The SMILES string of the molecule is O=C(O)[C@@H]1CCCN1CCOc1ccccc1Sc1ccc(F)c(Cl)c1. The van der Waals surface area contributed by atoms with Crippen LogP contribution in [0.2, 0.25) is 5.02 Å². The highest BCUT2D eigenvalue weighted by molar-refractivity contribution is 7.99. The predicted octanol–water partition coefficient (Wildman–Crippen LogP) is 4.56. The molecular weight excluding hydrogens is 377 g/mol. The van der Waals surface area contributed by atoms with E-state index >= 15 is 0 Å². The van der Waals surface area contributed by atoms with Gasteiger partial charge in [0.05, 0.1) is 9.92 Å². The molecule has 1 atom stereocenters. The molecule has 26 heavy (non-hydrogen) atoms. The number of para-hydroxylation sites is 1. The molecule has 0 radical (unpaired) electrons. The highest BCUT2D eigenvalue weighted by Gasteiger charge is 2.29. The Morgan fingerprint density at radius 2 is 2.15 bits per heavy atom. The monoisotopic (exact) mass is 395 g/mol. The van der Waals surface area contributed by atoms with Crippen molar-refractivity contribution in [2.75, 3.05) is 19.7 Å². The number of nitrogens with zero attached hydrogens (tertiary/aromatic N) is 1. The van der Waals surface area contributed by atoms with Gasteiger partial charge in [-0.3, -0.25) is 9.69 Å². The minimum atomic E-state index is -0.772. The van der Waals surface area contributed by atoms with Gasteiger partial charge < -0.3 is 9.84 Å². The highest BCUT2D eigenvalue weighted by atomic mass is 35.5. The summed E-state index contributed by atoms with van der Waals surface area (Å²) in [4.78, 5) is 14.9. The van der Waals surface area contributed by atoms with E-state index in [2.05, 4.69) is 0 Å². The first kappa shape index (κ1) is 19.0. The molecule has 1 fully saturated rings. The summed E-state index contributed by atoms with van der Waals surface area (Å²) in [6.07, 6.45) is 1.59. The van der Waals surface area contributed by atoms with Gasteiger partial charge in [-0.15, -0.1) is 0 Å². The molecule has 0 amide bonds. The van der Waals surface area contributed by atoms with Crippen molar-refractivity contribution in [3.8, 4) is 5.75 Å². The second-order valence-corrected chi connectivity index (χ2v) is 7.53. The van der Waals surface area contributed by atoms with Gasteiger partial charge >= 0.3 is 5.97 Å². The summed E-state index contributed by atoms with van der Waals surface area (Å²) in [5.41, 5.74) is 0. The molecule has 0 aliphatic carbocycles. The zero-order valence-electron chi connectivity index (χ0n) is 14.0. The maximum atomic E-state index is 13.3. The molecule has 4 nitrogen and oxygen atoms in total. The lowest BCUT2D eigenvalue weighted by Crippen LogP contribution is -2.38. The van der Waals surface area contributed by atoms with Crippen LogP contribution in [0.25, 0.3) is 0 Å². The molecule has 1 heterocycles. The van der Waals surface area contributed by atoms with E-state index in [1.54, 1.807) is 12.1 Å². The fraction of sp³-hybridized carbons (Fsp3) is 0.316. The Kier molecular flexibility index (Phi) is 6.40. The van der Waals surface area contributed by atoms with E-state index in [0.29, 0.717) is 25.3 Å². The van der Waals surface area contributed by atoms with Crippen LogP contribution in [-0.4, -0.2) is 41.7 Å². The van der Waals surface area contributed by atoms with Crippen molar-refractivity contribution < 1.29 is 19.0 Å². The Labute approximate surface area is 160 Å². The first-order valence-corrected chi connectivity index (χ1v) is 9.55. The fourth-order valence-electron chi connectivity index (χ4n) is 2.97. The van der Waals surface area contributed by atoms with Crippen LogP contribution in [0.1, 0.15) is 12.8 Å². The van der Waals surface area contributed by atoms with Gasteiger partial charge in [0.25, 0.3) is 0 Å². The third kappa shape index (κ3) is 4.69. The number of halogens is 2. The fourth-order valence-corrected chi connectivity index (χ4v) is 4.15. The van der Waals surface area contributed by atoms with Gasteiger partial charge in [-0.1, -0.05) is 35.5 Å². The van der Waals surface area contributed by atoms with Crippen molar-refractivity contribution in [1.29, 1.82) is 0 Å².